The molecule has 0 aromatic heterocycles. The highest BCUT2D eigenvalue weighted by Crippen LogP contribution is 2.05. The van der Waals surface area contributed by atoms with Gasteiger partial charge in [-0.2, -0.15) is 0 Å². The zero-order valence-corrected chi connectivity index (χ0v) is 12.7. The SMILES string of the molecule is CC(C)CCOC(=O)[C@@H](O)[C@H](O)C(=O)OCCC(C)C. The molecule has 6 heteroatoms. The van der Waals surface area contributed by atoms with Crippen molar-refractivity contribution in [3.8, 4) is 0 Å². The molecular formula is C14H26O6. The highest BCUT2D eigenvalue weighted by atomic mass is 16.6. The fourth-order valence-electron chi connectivity index (χ4n) is 1.22. The van der Waals surface area contributed by atoms with Gasteiger partial charge in [0.1, 0.15) is 0 Å². The standard InChI is InChI=1S/C14H26O6/c1-9(2)5-7-19-13(17)11(15)12(16)14(18)20-8-6-10(3)4/h9-12,15-16H,5-8H2,1-4H3/t11-,12-/m0/s1. The van der Waals surface area contributed by atoms with E-state index in [0.717, 1.165) is 0 Å². The largest absolute Gasteiger partial charge is 0.464 e. The molecule has 0 unspecified atom stereocenters. The van der Waals surface area contributed by atoms with Crippen molar-refractivity contribution in [2.24, 2.45) is 11.8 Å². The first-order valence-electron chi connectivity index (χ1n) is 6.95. The minimum absolute atomic E-state index is 0.142. The van der Waals surface area contributed by atoms with Crippen LogP contribution in [0.15, 0.2) is 0 Å². The fraction of sp³-hybridized carbons (Fsp3) is 0.857. The quantitative estimate of drug-likeness (QED) is 0.613. The Balaban J connectivity index is 4.07. The van der Waals surface area contributed by atoms with E-state index in [2.05, 4.69) is 0 Å². The molecule has 0 aromatic rings. The van der Waals surface area contributed by atoms with Crippen molar-refractivity contribution < 1.29 is 29.3 Å². The van der Waals surface area contributed by atoms with Gasteiger partial charge in [0, 0.05) is 0 Å². The van der Waals surface area contributed by atoms with Crippen LogP contribution in [0.4, 0.5) is 0 Å². The van der Waals surface area contributed by atoms with E-state index in [1.54, 1.807) is 0 Å². The molecule has 0 radical (unpaired) electrons. The first-order valence-corrected chi connectivity index (χ1v) is 6.95. The summed E-state index contributed by atoms with van der Waals surface area (Å²) in [7, 11) is 0. The Hall–Kier alpha value is -1.14. The monoisotopic (exact) mass is 290 g/mol. The maximum absolute atomic E-state index is 11.4. The van der Waals surface area contributed by atoms with Crippen LogP contribution in [-0.2, 0) is 19.1 Å². The smallest absolute Gasteiger partial charge is 0.338 e. The number of esters is 2. The molecule has 0 heterocycles. The topological polar surface area (TPSA) is 93.1 Å². The summed E-state index contributed by atoms with van der Waals surface area (Å²) in [6, 6.07) is 0. The van der Waals surface area contributed by atoms with Crippen LogP contribution < -0.4 is 0 Å². The Morgan fingerprint density at radius 2 is 1.10 bits per heavy atom. The number of carbonyl (C=O) groups excluding carboxylic acids is 2. The van der Waals surface area contributed by atoms with Crippen LogP contribution >= 0.6 is 0 Å². The molecule has 2 N–H and O–H groups in total. The molecule has 0 bridgehead atoms. The zero-order chi connectivity index (χ0) is 15.7. The number of rotatable bonds is 9. The Morgan fingerprint density at radius 3 is 1.35 bits per heavy atom. The first kappa shape index (κ1) is 18.9. The Kier molecular flexibility index (Phi) is 9.16. The Bertz CT molecular complexity index is 270. The van der Waals surface area contributed by atoms with Gasteiger partial charge in [-0.3, -0.25) is 0 Å². The number of aliphatic hydroxyl groups is 2. The van der Waals surface area contributed by atoms with Crippen molar-refractivity contribution in [3.63, 3.8) is 0 Å². The number of hydrogen-bond acceptors (Lipinski definition) is 6. The molecule has 0 rings (SSSR count). The van der Waals surface area contributed by atoms with E-state index in [0.29, 0.717) is 24.7 Å². The molecule has 118 valence electrons. The number of carbonyl (C=O) groups is 2. The second-order valence-corrected chi connectivity index (χ2v) is 5.59. The van der Waals surface area contributed by atoms with E-state index in [-0.39, 0.29) is 13.2 Å². The molecule has 0 saturated heterocycles. The second kappa shape index (κ2) is 9.72. The minimum atomic E-state index is -1.91. The van der Waals surface area contributed by atoms with Gasteiger partial charge in [-0.05, 0) is 24.7 Å². The molecule has 2 atom stereocenters. The summed E-state index contributed by atoms with van der Waals surface area (Å²) in [5.41, 5.74) is 0. The predicted molar refractivity (Wildman–Crippen MR) is 72.8 cm³/mol. The van der Waals surface area contributed by atoms with Crippen molar-refractivity contribution in [1.29, 1.82) is 0 Å². The molecule has 0 spiro atoms. The van der Waals surface area contributed by atoms with Crippen LogP contribution in [0.25, 0.3) is 0 Å². The van der Waals surface area contributed by atoms with Crippen LogP contribution in [0.5, 0.6) is 0 Å². The summed E-state index contributed by atoms with van der Waals surface area (Å²) in [5.74, 6) is -1.32. The van der Waals surface area contributed by atoms with Gasteiger partial charge in [0.05, 0.1) is 13.2 Å². The number of ether oxygens (including phenoxy) is 2. The van der Waals surface area contributed by atoms with Crippen LogP contribution in [0.1, 0.15) is 40.5 Å². The molecule has 0 amide bonds. The fourth-order valence-corrected chi connectivity index (χ4v) is 1.22. The molecule has 0 aliphatic rings. The van der Waals surface area contributed by atoms with Crippen LogP contribution in [0, 0.1) is 11.8 Å². The van der Waals surface area contributed by atoms with Gasteiger partial charge in [0.2, 0.25) is 0 Å². The summed E-state index contributed by atoms with van der Waals surface area (Å²) < 4.78 is 9.54. The molecule has 0 aromatic carbocycles. The lowest BCUT2D eigenvalue weighted by Crippen LogP contribution is -2.42. The van der Waals surface area contributed by atoms with Gasteiger partial charge in [-0.15, -0.1) is 0 Å². The van der Waals surface area contributed by atoms with E-state index < -0.39 is 24.1 Å². The zero-order valence-electron chi connectivity index (χ0n) is 12.7. The van der Waals surface area contributed by atoms with Crippen molar-refractivity contribution in [3.05, 3.63) is 0 Å². The Morgan fingerprint density at radius 1 is 0.800 bits per heavy atom. The van der Waals surface area contributed by atoms with Crippen molar-refractivity contribution in [2.45, 2.75) is 52.7 Å². The summed E-state index contributed by atoms with van der Waals surface area (Å²) in [6.45, 7) is 8.14. The highest BCUT2D eigenvalue weighted by molar-refractivity contribution is 5.85. The first-order chi connectivity index (χ1) is 9.25. The van der Waals surface area contributed by atoms with Crippen LogP contribution in [0.2, 0.25) is 0 Å². The van der Waals surface area contributed by atoms with Gasteiger partial charge >= 0.3 is 11.9 Å². The van der Waals surface area contributed by atoms with Crippen LogP contribution in [-0.4, -0.2) is 47.6 Å². The third-order valence-electron chi connectivity index (χ3n) is 2.66. The summed E-state index contributed by atoms with van der Waals surface area (Å²) in [5, 5.41) is 19.0. The van der Waals surface area contributed by atoms with E-state index >= 15 is 0 Å². The molecule has 0 fully saturated rings. The van der Waals surface area contributed by atoms with Gasteiger partial charge in [-0.1, -0.05) is 27.7 Å². The molecule has 0 saturated carbocycles. The summed E-state index contributed by atoms with van der Waals surface area (Å²) >= 11 is 0. The lowest BCUT2D eigenvalue weighted by atomic mass is 10.1. The van der Waals surface area contributed by atoms with E-state index in [9.17, 15) is 19.8 Å². The maximum atomic E-state index is 11.4. The van der Waals surface area contributed by atoms with E-state index in [1.165, 1.54) is 0 Å². The van der Waals surface area contributed by atoms with E-state index in [1.807, 2.05) is 27.7 Å². The number of hydrogen-bond donors (Lipinski definition) is 2. The number of aliphatic hydroxyl groups excluding tert-OH is 2. The Labute approximate surface area is 120 Å². The third-order valence-corrected chi connectivity index (χ3v) is 2.66. The molecular weight excluding hydrogens is 264 g/mol. The summed E-state index contributed by atoms with van der Waals surface area (Å²) in [6.07, 6.45) is -2.52. The molecule has 6 nitrogen and oxygen atoms in total. The lowest BCUT2D eigenvalue weighted by molar-refractivity contribution is -0.173. The predicted octanol–water partition coefficient (Wildman–Crippen LogP) is 0.887. The van der Waals surface area contributed by atoms with Crippen molar-refractivity contribution in [1.82, 2.24) is 0 Å². The van der Waals surface area contributed by atoms with E-state index in [4.69, 9.17) is 9.47 Å². The van der Waals surface area contributed by atoms with Gasteiger partial charge in [0.15, 0.2) is 12.2 Å². The highest BCUT2D eigenvalue weighted by Gasteiger charge is 2.32. The van der Waals surface area contributed by atoms with Crippen LogP contribution in [0.3, 0.4) is 0 Å². The average Bonchev–Trinajstić information content (AvgIpc) is 2.35. The molecule has 0 aliphatic heterocycles. The lowest BCUT2D eigenvalue weighted by Gasteiger charge is -2.16. The van der Waals surface area contributed by atoms with Crippen molar-refractivity contribution in [2.75, 3.05) is 13.2 Å². The minimum Gasteiger partial charge on any atom is -0.464 e. The summed E-state index contributed by atoms with van der Waals surface area (Å²) in [4.78, 5) is 22.8. The molecule has 0 aliphatic carbocycles. The second-order valence-electron chi connectivity index (χ2n) is 5.59. The third kappa shape index (κ3) is 8.12. The maximum Gasteiger partial charge on any atom is 0.338 e. The molecule has 20 heavy (non-hydrogen) atoms. The van der Waals surface area contributed by atoms with Gasteiger partial charge in [-0.25, -0.2) is 9.59 Å². The normalized spacial score (nSPS) is 14.2. The van der Waals surface area contributed by atoms with Gasteiger partial charge < -0.3 is 19.7 Å². The van der Waals surface area contributed by atoms with Crippen molar-refractivity contribution >= 4 is 11.9 Å². The average molecular weight is 290 g/mol. The van der Waals surface area contributed by atoms with Gasteiger partial charge in [0.25, 0.3) is 0 Å².